The fraction of sp³-hybridized carbons (Fsp3) is 0.333. The van der Waals surface area contributed by atoms with Crippen molar-refractivity contribution in [1.29, 1.82) is 0 Å². The van der Waals surface area contributed by atoms with Crippen LogP contribution in [0.5, 0.6) is 0 Å². The fourth-order valence-corrected chi connectivity index (χ4v) is 5.77. The summed E-state index contributed by atoms with van der Waals surface area (Å²) in [6.07, 6.45) is 4.60. The molecule has 0 spiro atoms. The van der Waals surface area contributed by atoms with Crippen LogP contribution in [0.25, 0.3) is 0 Å². The molecule has 0 saturated carbocycles. The van der Waals surface area contributed by atoms with Crippen LogP contribution in [0.1, 0.15) is 46.8 Å². The van der Waals surface area contributed by atoms with Gasteiger partial charge in [-0.15, -0.1) is 0 Å². The number of likely N-dealkylation sites (tertiary alicyclic amines) is 1. The van der Waals surface area contributed by atoms with E-state index >= 15 is 0 Å². The minimum absolute atomic E-state index is 0.0389. The predicted molar refractivity (Wildman–Crippen MR) is 140 cm³/mol. The monoisotopic (exact) mass is 485 g/mol. The molecule has 1 aliphatic heterocycles. The zero-order chi connectivity index (χ0) is 25.1. The van der Waals surface area contributed by atoms with Crippen LogP contribution < -0.4 is 10.6 Å². The van der Waals surface area contributed by atoms with Gasteiger partial charge < -0.3 is 10.6 Å². The maximum atomic E-state index is 13.4. The van der Waals surface area contributed by atoms with E-state index in [2.05, 4.69) is 39.8 Å². The molecule has 1 aliphatic carbocycles. The molecule has 36 heavy (non-hydrogen) atoms. The lowest BCUT2D eigenvalue weighted by atomic mass is 9.93. The van der Waals surface area contributed by atoms with Crippen molar-refractivity contribution < 1.29 is 14.0 Å². The molecule has 2 N–H and O–H groups in total. The lowest BCUT2D eigenvalue weighted by molar-refractivity contribution is 0.101. The highest BCUT2D eigenvalue weighted by molar-refractivity contribution is 5.96. The predicted octanol–water partition coefficient (Wildman–Crippen LogP) is 5.39. The van der Waals surface area contributed by atoms with Crippen LogP contribution in [0, 0.1) is 5.82 Å². The van der Waals surface area contributed by atoms with E-state index in [9.17, 15) is 14.0 Å². The van der Waals surface area contributed by atoms with Crippen LogP contribution in [0.15, 0.2) is 72.8 Å². The van der Waals surface area contributed by atoms with Crippen molar-refractivity contribution in [1.82, 2.24) is 10.2 Å². The Morgan fingerprint density at radius 1 is 1.00 bits per heavy atom. The summed E-state index contributed by atoms with van der Waals surface area (Å²) in [6.45, 7) is 3.24. The van der Waals surface area contributed by atoms with E-state index in [0.717, 1.165) is 50.8 Å². The van der Waals surface area contributed by atoms with E-state index in [1.54, 1.807) is 24.3 Å². The number of rotatable bonds is 7. The summed E-state index contributed by atoms with van der Waals surface area (Å²) in [5.41, 5.74) is 4.40. The second kappa shape index (κ2) is 10.2. The van der Waals surface area contributed by atoms with Crippen LogP contribution in [0.2, 0.25) is 0 Å². The molecule has 1 unspecified atom stereocenters. The van der Waals surface area contributed by atoms with Gasteiger partial charge in [-0.3, -0.25) is 9.69 Å². The quantitative estimate of drug-likeness (QED) is 0.441. The topological polar surface area (TPSA) is 61.4 Å². The average molecular weight is 486 g/mol. The normalized spacial score (nSPS) is 18.6. The fourth-order valence-electron chi connectivity index (χ4n) is 5.77. The van der Waals surface area contributed by atoms with Gasteiger partial charge in [0.15, 0.2) is 5.78 Å². The molecule has 186 valence electrons. The number of ketones is 1. The van der Waals surface area contributed by atoms with Gasteiger partial charge in [0.05, 0.1) is 5.54 Å². The summed E-state index contributed by atoms with van der Waals surface area (Å²) < 4.78 is 13.4. The number of nitrogens with zero attached hydrogens (tertiary/aromatic N) is 1. The molecule has 1 heterocycles. The van der Waals surface area contributed by atoms with E-state index < -0.39 is 5.54 Å². The number of fused-ring (bicyclic) bond motifs is 1. The number of hydrogen-bond donors (Lipinski definition) is 2. The van der Waals surface area contributed by atoms with Crippen molar-refractivity contribution in [3.8, 4) is 0 Å². The maximum Gasteiger partial charge on any atom is 0.319 e. The van der Waals surface area contributed by atoms with Crippen molar-refractivity contribution in [2.45, 2.75) is 50.6 Å². The first-order valence-electron chi connectivity index (χ1n) is 12.6. The summed E-state index contributed by atoms with van der Waals surface area (Å²) in [7, 11) is 0. The maximum absolute atomic E-state index is 13.4. The number of benzene rings is 3. The first kappa shape index (κ1) is 24.2. The molecular weight excluding hydrogens is 453 g/mol. The summed E-state index contributed by atoms with van der Waals surface area (Å²) >= 11 is 0. The second-order valence-electron chi connectivity index (χ2n) is 10.2. The number of anilines is 1. The summed E-state index contributed by atoms with van der Waals surface area (Å²) in [4.78, 5) is 27.5. The van der Waals surface area contributed by atoms with Crippen molar-refractivity contribution in [2.75, 3.05) is 18.4 Å². The minimum atomic E-state index is -0.433. The number of Topliss-reactive ketones (excluding diaryl/α,β-unsaturated/α-hetero) is 1. The van der Waals surface area contributed by atoms with Gasteiger partial charge in [0.1, 0.15) is 5.82 Å². The number of carbonyl (C=O) groups excluding carboxylic acids is 2. The van der Waals surface area contributed by atoms with Crippen LogP contribution in [-0.2, 0) is 19.3 Å². The van der Waals surface area contributed by atoms with Crippen molar-refractivity contribution in [3.63, 3.8) is 0 Å². The molecule has 3 aromatic rings. The molecule has 0 radical (unpaired) electrons. The Morgan fingerprint density at radius 2 is 1.72 bits per heavy atom. The zero-order valence-corrected chi connectivity index (χ0v) is 20.6. The lowest BCUT2D eigenvalue weighted by Crippen LogP contribution is -2.58. The molecule has 1 fully saturated rings. The Kier molecular flexibility index (Phi) is 6.88. The van der Waals surface area contributed by atoms with Gasteiger partial charge >= 0.3 is 6.03 Å². The molecule has 3 aromatic carbocycles. The molecule has 2 aliphatic rings. The van der Waals surface area contributed by atoms with Crippen molar-refractivity contribution in [3.05, 3.63) is 101 Å². The molecule has 5 rings (SSSR count). The number of urea groups is 1. The third kappa shape index (κ3) is 5.49. The van der Waals surface area contributed by atoms with E-state index in [-0.39, 0.29) is 17.6 Å². The van der Waals surface area contributed by atoms with Gasteiger partial charge in [0.2, 0.25) is 0 Å². The Labute approximate surface area is 211 Å². The van der Waals surface area contributed by atoms with Crippen LogP contribution >= 0.6 is 0 Å². The Hall–Kier alpha value is -3.51. The third-order valence-corrected chi connectivity index (χ3v) is 7.47. The molecular formula is C30H32FN3O2. The Balaban J connectivity index is 1.33. The highest BCUT2D eigenvalue weighted by Crippen LogP contribution is 2.33. The summed E-state index contributed by atoms with van der Waals surface area (Å²) in [5.74, 6) is -0.253. The number of carbonyl (C=O) groups is 2. The smallest absolute Gasteiger partial charge is 0.319 e. The van der Waals surface area contributed by atoms with Gasteiger partial charge in [-0.25, -0.2) is 9.18 Å². The largest absolute Gasteiger partial charge is 0.330 e. The molecule has 5 nitrogen and oxygen atoms in total. The first-order chi connectivity index (χ1) is 17.4. The number of hydrogen-bond acceptors (Lipinski definition) is 3. The van der Waals surface area contributed by atoms with Crippen molar-refractivity contribution >= 4 is 17.5 Å². The lowest BCUT2D eigenvalue weighted by Gasteiger charge is -2.37. The van der Waals surface area contributed by atoms with Gasteiger partial charge in [0, 0.05) is 23.8 Å². The highest BCUT2D eigenvalue weighted by Gasteiger charge is 2.42. The highest BCUT2D eigenvalue weighted by atomic mass is 19.1. The number of halogens is 1. The van der Waals surface area contributed by atoms with E-state index in [1.165, 1.54) is 30.2 Å². The Bertz CT molecular complexity index is 1230. The van der Waals surface area contributed by atoms with Gasteiger partial charge in [-0.2, -0.15) is 0 Å². The number of nitrogens with one attached hydrogen (secondary N) is 2. The van der Waals surface area contributed by atoms with E-state index in [0.29, 0.717) is 17.3 Å². The second-order valence-corrected chi connectivity index (χ2v) is 10.2. The van der Waals surface area contributed by atoms with Gasteiger partial charge in [-0.1, -0.05) is 48.5 Å². The van der Waals surface area contributed by atoms with Crippen molar-refractivity contribution in [2.24, 2.45) is 0 Å². The minimum Gasteiger partial charge on any atom is -0.330 e. The van der Waals surface area contributed by atoms with E-state index in [1.807, 2.05) is 12.1 Å². The molecule has 6 heteroatoms. The Morgan fingerprint density at radius 3 is 2.42 bits per heavy atom. The molecule has 1 atom stereocenters. The number of amides is 2. The SMILES string of the molecule is CC(=O)c1cccc(NC(=O)NC2(CN3CCCC3Cc3ccc(F)cc3)Cc3ccccc3C2)c1. The van der Waals surface area contributed by atoms with Crippen LogP contribution in [0.3, 0.4) is 0 Å². The third-order valence-electron chi connectivity index (χ3n) is 7.47. The summed E-state index contributed by atoms with van der Waals surface area (Å²) in [5, 5.41) is 6.27. The van der Waals surface area contributed by atoms with Crippen LogP contribution in [-0.4, -0.2) is 41.4 Å². The average Bonchev–Trinajstić information content (AvgIpc) is 3.44. The van der Waals surface area contributed by atoms with Crippen LogP contribution in [0.4, 0.5) is 14.9 Å². The van der Waals surface area contributed by atoms with Gasteiger partial charge in [-0.05, 0) is 86.5 Å². The molecule has 0 aromatic heterocycles. The van der Waals surface area contributed by atoms with E-state index in [4.69, 9.17) is 0 Å². The summed E-state index contributed by atoms with van der Waals surface area (Å²) in [6, 6.07) is 22.3. The first-order valence-corrected chi connectivity index (χ1v) is 12.6. The molecule has 0 bridgehead atoms. The molecule has 2 amide bonds. The standard InChI is InChI=1S/C30H32FN3O2/c1-21(35)23-8-4-9-27(17-23)32-29(36)33-30(18-24-6-2-3-7-25(24)19-30)20-34-15-5-10-28(34)16-22-11-13-26(31)14-12-22/h2-4,6-9,11-14,17,28H,5,10,15-16,18-20H2,1H3,(H2,32,33,36). The zero-order valence-electron chi connectivity index (χ0n) is 20.6. The molecule has 1 saturated heterocycles. The van der Waals surface area contributed by atoms with Gasteiger partial charge in [0.25, 0.3) is 0 Å².